The summed E-state index contributed by atoms with van der Waals surface area (Å²) in [6, 6.07) is 2.71. The molecular formula is C11H14N2O5S. The Hall–Kier alpha value is -1.67. The largest absolute Gasteiger partial charge is 0.481 e. The third-order valence-corrected chi connectivity index (χ3v) is 5.08. The molecule has 1 aromatic heterocycles. The number of aliphatic carboxylic acids is 1. The first kappa shape index (κ1) is 13.8. The molecule has 1 N–H and O–H groups in total. The van der Waals surface area contributed by atoms with Crippen molar-refractivity contribution in [3.05, 3.63) is 28.7 Å². The molecular weight excluding hydrogens is 272 g/mol. The van der Waals surface area contributed by atoms with E-state index in [0.717, 1.165) is 4.31 Å². The van der Waals surface area contributed by atoms with Crippen molar-refractivity contribution in [2.45, 2.75) is 11.3 Å². The van der Waals surface area contributed by atoms with E-state index in [2.05, 4.69) is 0 Å². The Morgan fingerprint density at radius 1 is 1.47 bits per heavy atom. The number of hydrogen-bond donors (Lipinski definition) is 1. The predicted octanol–water partition coefficient (Wildman–Crippen LogP) is -0.519. The molecule has 1 aromatic rings. The van der Waals surface area contributed by atoms with Gasteiger partial charge in [0.2, 0.25) is 10.0 Å². The van der Waals surface area contributed by atoms with Crippen LogP contribution in [0.3, 0.4) is 0 Å². The average molecular weight is 286 g/mol. The van der Waals surface area contributed by atoms with Gasteiger partial charge in [0.05, 0.1) is 5.92 Å². The van der Waals surface area contributed by atoms with E-state index in [9.17, 15) is 18.0 Å². The zero-order chi connectivity index (χ0) is 14.2. The van der Waals surface area contributed by atoms with Crippen molar-refractivity contribution in [1.82, 2.24) is 8.87 Å². The molecule has 7 nitrogen and oxygen atoms in total. The minimum atomic E-state index is -3.92. The Balaban J connectivity index is 2.37. The lowest BCUT2D eigenvalue weighted by molar-refractivity contribution is -0.141. The number of carbonyl (C=O) groups is 1. The van der Waals surface area contributed by atoms with Gasteiger partial charge in [-0.3, -0.25) is 9.59 Å². The summed E-state index contributed by atoms with van der Waals surface area (Å²) >= 11 is 0. The topological polar surface area (TPSA) is 96.7 Å². The first-order valence-electron chi connectivity index (χ1n) is 5.72. The molecule has 1 fully saturated rings. The van der Waals surface area contributed by atoms with Crippen LogP contribution in [0.15, 0.2) is 28.0 Å². The number of aryl methyl sites for hydroxylation is 1. The lowest BCUT2D eigenvalue weighted by Crippen LogP contribution is -2.35. The maximum atomic E-state index is 12.3. The van der Waals surface area contributed by atoms with Gasteiger partial charge in [-0.15, -0.1) is 0 Å². The van der Waals surface area contributed by atoms with Gasteiger partial charge in [0.1, 0.15) is 4.90 Å². The summed E-state index contributed by atoms with van der Waals surface area (Å²) in [6.45, 7) is 0.0348. The van der Waals surface area contributed by atoms with Gasteiger partial charge in [0.15, 0.2) is 0 Å². The van der Waals surface area contributed by atoms with Crippen molar-refractivity contribution in [2.75, 3.05) is 13.1 Å². The third kappa shape index (κ3) is 2.41. The highest BCUT2D eigenvalue weighted by Crippen LogP contribution is 2.22. The summed E-state index contributed by atoms with van der Waals surface area (Å²) in [5.74, 6) is -1.72. The molecule has 1 aliphatic heterocycles. The van der Waals surface area contributed by atoms with E-state index in [4.69, 9.17) is 5.11 Å². The zero-order valence-electron chi connectivity index (χ0n) is 10.3. The normalized spacial score (nSPS) is 20.6. The Morgan fingerprint density at radius 3 is 2.74 bits per heavy atom. The average Bonchev–Trinajstić information content (AvgIpc) is 2.82. The molecule has 2 rings (SSSR count). The number of carboxylic acid groups (broad SMARTS) is 1. The minimum Gasteiger partial charge on any atom is -0.481 e. The molecule has 0 aliphatic carbocycles. The van der Waals surface area contributed by atoms with Gasteiger partial charge in [-0.2, -0.15) is 4.31 Å². The van der Waals surface area contributed by atoms with Crippen LogP contribution < -0.4 is 5.56 Å². The monoisotopic (exact) mass is 286 g/mol. The summed E-state index contributed by atoms with van der Waals surface area (Å²) in [5.41, 5.74) is -0.610. The first-order valence-corrected chi connectivity index (χ1v) is 7.16. The van der Waals surface area contributed by atoms with E-state index in [1.54, 1.807) is 0 Å². The van der Waals surface area contributed by atoms with E-state index in [0.29, 0.717) is 0 Å². The third-order valence-electron chi connectivity index (χ3n) is 3.21. The molecule has 0 bridgehead atoms. The highest BCUT2D eigenvalue weighted by atomic mass is 32.2. The number of nitrogens with zero attached hydrogens (tertiary/aromatic N) is 2. The maximum absolute atomic E-state index is 12.3. The molecule has 0 amide bonds. The number of aromatic nitrogens is 1. The van der Waals surface area contributed by atoms with Gasteiger partial charge in [0, 0.05) is 26.3 Å². The fourth-order valence-electron chi connectivity index (χ4n) is 2.06. The van der Waals surface area contributed by atoms with Gasteiger partial charge in [-0.1, -0.05) is 0 Å². The van der Waals surface area contributed by atoms with Crippen molar-refractivity contribution in [3.63, 3.8) is 0 Å². The molecule has 19 heavy (non-hydrogen) atoms. The van der Waals surface area contributed by atoms with Crippen molar-refractivity contribution in [1.29, 1.82) is 0 Å². The molecule has 2 heterocycles. The van der Waals surface area contributed by atoms with E-state index in [-0.39, 0.29) is 24.4 Å². The van der Waals surface area contributed by atoms with Crippen LogP contribution in [0.5, 0.6) is 0 Å². The van der Waals surface area contributed by atoms with Gasteiger partial charge >= 0.3 is 5.97 Å². The van der Waals surface area contributed by atoms with E-state index in [1.807, 2.05) is 0 Å². The van der Waals surface area contributed by atoms with Crippen LogP contribution in [0.2, 0.25) is 0 Å². The number of sulfonamides is 1. The molecule has 0 spiro atoms. The van der Waals surface area contributed by atoms with Crippen LogP contribution in [0.1, 0.15) is 6.42 Å². The Kier molecular flexibility index (Phi) is 3.46. The molecule has 0 radical (unpaired) electrons. The Morgan fingerprint density at radius 2 is 2.16 bits per heavy atom. The van der Waals surface area contributed by atoms with Crippen LogP contribution >= 0.6 is 0 Å². The minimum absolute atomic E-state index is 0.0876. The summed E-state index contributed by atoms with van der Waals surface area (Å²) in [5, 5.41) is 8.88. The van der Waals surface area contributed by atoms with Crippen LogP contribution in [-0.2, 0) is 21.9 Å². The maximum Gasteiger partial charge on any atom is 0.307 e. The standard InChI is InChI=1S/C11H14N2O5S/c1-12-5-2-3-9(10(12)14)19(17,18)13-6-4-8(7-13)11(15)16/h2-3,5,8H,4,6-7H2,1H3,(H,15,16). The van der Waals surface area contributed by atoms with E-state index >= 15 is 0 Å². The molecule has 104 valence electrons. The van der Waals surface area contributed by atoms with Crippen molar-refractivity contribution < 1.29 is 18.3 Å². The number of carboxylic acids is 1. The Labute approximate surface area is 110 Å². The Bertz CT molecular complexity index is 664. The van der Waals surface area contributed by atoms with Crippen LogP contribution in [0.4, 0.5) is 0 Å². The molecule has 8 heteroatoms. The number of hydrogen-bond acceptors (Lipinski definition) is 4. The molecule has 1 saturated heterocycles. The molecule has 1 unspecified atom stereocenters. The van der Waals surface area contributed by atoms with Crippen LogP contribution in [0, 0.1) is 5.92 Å². The fourth-order valence-corrected chi connectivity index (χ4v) is 3.67. The highest BCUT2D eigenvalue weighted by Gasteiger charge is 2.36. The summed E-state index contributed by atoms with van der Waals surface area (Å²) in [7, 11) is -2.46. The van der Waals surface area contributed by atoms with Gasteiger partial charge in [-0.25, -0.2) is 8.42 Å². The molecule has 0 saturated carbocycles. The summed E-state index contributed by atoms with van der Waals surface area (Å²) < 4.78 is 26.8. The van der Waals surface area contributed by atoms with Gasteiger partial charge in [0.25, 0.3) is 5.56 Å². The van der Waals surface area contributed by atoms with Crippen LogP contribution in [0.25, 0.3) is 0 Å². The second kappa shape index (κ2) is 4.78. The molecule has 1 aliphatic rings. The second-order valence-electron chi connectivity index (χ2n) is 4.48. The van der Waals surface area contributed by atoms with Crippen molar-refractivity contribution in [3.8, 4) is 0 Å². The number of rotatable bonds is 3. The zero-order valence-corrected chi connectivity index (χ0v) is 11.1. The van der Waals surface area contributed by atoms with Gasteiger partial charge < -0.3 is 9.67 Å². The van der Waals surface area contributed by atoms with Crippen LogP contribution in [-0.4, -0.2) is 41.5 Å². The summed E-state index contributed by atoms with van der Waals surface area (Å²) in [6.07, 6.45) is 1.73. The first-order chi connectivity index (χ1) is 8.84. The SMILES string of the molecule is Cn1cccc(S(=O)(=O)N2CCC(C(=O)O)C2)c1=O. The molecule has 1 atom stereocenters. The predicted molar refractivity (Wildman–Crippen MR) is 66.2 cm³/mol. The van der Waals surface area contributed by atoms with Crippen molar-refractivity contribution in [2.24, 2.45) is 13.0 Å². The lowest BCUT2D eigenvalue weighted by atomic mass is 10.1. The van der Waals surface area contributed by atoms with Crippen molar-refractivity contribution >= 4 is 16.0 Å². The highest BCUT2D eigenvalue weighted by molar-refractivity contribution is 7.89. The van der Waals surface area contributed by atoms with Gasteiger partial charge in [-0.05, 0) is 18.6 Å². The lowest BCUT2D eigenvalue weighted by Gasteiger charge is -2.15. The van der Waals surface area contributed by atoms with E-state index < -0.39 is 27.5 Å². The summed E-state index contributed by atoms with van der Waals surface area (Å²) in [4.78, 5) is 22.4. The molecule has 0 aromatic carbocycles. The number of pyridine rings is 1. The smallest absolute Gasteiger partial charge is 0.307 e. The quantitative estimate of drug-likeness (QED) is 0.806. The van der Waals surface area contributed by atoms with E-state index in [1.165, 1.54) is 29.9 Å². The second-order valence-corrected chi connectivity index (χ2v) is 6.38. The fraction of sp³-hybridized carbons (Fsp3) is 0.455.